The Morgan fingerprint density at radius 3 is 2.77 bits per heavy atom. The predicted octanol–water partition coefficient (Wildman–Crippen LogP) is 5.31. The van der Waals surface area contributed by atoms with Gasteiger partial charge < -0.3 is 19.1 Å². The summed E-state index contributed by atoms with van der Waals surface area (Å²) in [6.07, 6.45) is 2.69. The molecule has 1 heterocycles. The average molecular weight is 444 g/mol. The van der Waals surface area contributed by atoms with Gasteiger partial charge in [0.1, 0.15) is 23.4 Å². The SMILES string of the molecule is CC(=O)Nc1ccc(SON=CCCCOc2ccc3c(c2)NC(=O)OC3(C)C)cc1. The van der Waals surface area contributed by atoms with Gasteiger partial charge in [0, 0.05) is 30.5 Å². The number of cyclic esters (lactones) is 1. The Balaban J connectivity index is 1.35. The Morgan fingerprint density at radius 1 is 1.26 bits per heavy atom. The number of carbonyl (C=O) groups excluding carboxylic acids is 2. The summed E-state index contributed by atoms with van der Waals surface area (Å²) >= 11 is 1.14. The van der Waals surface area contributed by atoms with Crippen LogP contribution in [0.2, 0.25) is 0 Å². The first kappa shape index (κ1) is 22.5. The van der Waals surface area contributed by atoms with Crippen LogP contribution in [0.3, 0.4) is 0 Å². The number of carbonyl (C=O) groups is 2. The molecule has 2 aromatic rings. The lowest BCUT2D eigenvalue weighted by Crippen LogP contribution is -2.34. The second-order valence-corrected chi connectivity index (χ2v) is 8.16. The maximum Gasteiger partial charge on any atom is 0.412 e. The Bertz CT molecular complexity index is 960. The van der Waals surface area contributed by atoms with Crippen LogP contribution in [0.1, 0.15) is 39.2 Å². The molecule has 3 rings (SSSR count). The fourth-order valence-corrected chi connectivity index (χ4v) is 3.41. The highest BCUT2D eigenvalue weighted by Crippen LogP contribution is 2.37. The second kappa shape index (κ2) is 10.2. The van der Waals surface area contributed by atoms with Crippen LogP contribution in [0.4, 0.5) is 16.2 Å². The molecule has 0 saturated heterocycles. The topological polar surface area (TPSA) is 98.3 Å². The van der Waals surface area contributed by atoms with Crippen molar-refractivity contribution in [2.75, 3.05) is 17.2 Å². The quantitative estimate of drug-likeness (QED) is 0.236. The van der Waals surface area contributed by atoms with Gasteiger partial charge in [-0.05, 0) is 63.1 Å². The maximum absolute atomic E-state index is 11.7. The highest BCUT2D eigenvalue weighted by molar-refractivity contribution is 7.94. The highest BCUT2D eigenvalue weighted by Gasteiger charge is 2.33. The summed E-state index contributed by atoms with van der Waals surface area (Å²) in [6.45, 7) is 5.68. The van der Waals surface area contributed by atoms with Gasteiger partial charge in [-0.15, -0.1) is 0 Å². The van der Waals surface area contributed by atoms with Gasteiger partial charge in [-0.2, -0.15) is 0 Å². The smallest absolute Gasteiger partial charge is 0.412 e. The number of hydrogen-bond acceptors (Lipinski definition) is 7. The minimum Gasteiger partial charge on any atom is -0.494 e. The Labute approximate surface area is 185 Å². The van der Waals surface area contributed by atoms with Crippen LogP contribution in [0.5, 0.6) is 5.75 Å². The van der Waals surface area contributed by atoms with Crippen molar-refractivity contribution in [2.24, 2.45) is 5.16 Å². The molecular formula is C22H25N3O5S. The van der Waals surface area contributed by atoms with Crippen molar-refractivity contribution in [3.05, 3.63) is 48.0 Å². The zero-order valence-electron chi connectivity index (χ0n) is 17.6. The molecule has 0 bridgehead atoms. The Kier molecular flexibility index (Phi) is 7.41. The van der Waals surface area contributed by atoms with Crippen molar-refractivity contribution in [2.45, 2.75) is 44.1 Å². The molecule has 1 aliphatic rings. The third-order valence-electron chi connectivity index (χ3n) is 4.40. The van der Waals surface area contributed by atoms with E-state index in [1.807, 2.05) is 44.2 Å². The number of ether oxygens (including phenoxy) is 2. The van der Waals surface area contributed by atoms with Crippen LogP contribution in [0.15, 0.2) is 52.5 Å². The van der Waals surface area contributed by atoms with Gasteiger partial charge in [-0.25, -0.2) is 4.79 Å². The number of nitrogens with zero attached hydrogens (tertiary/aromatic N) is 1. The summed E-state index contributed by atoms with van der Waals surface area (Å²) in [6, 6.07) is 12.9. The first-order valence-corrected chi connectivity index (χ1v) is 10.6. The Hall–Kier alpha value is -3.20. The predicted molar refractivity (Wildman–Crippen MR) is 120 cm³/mol. The molecule has 9 heteroatoms. The molecule has 2 aromatic carbocycles. The van der Waals surface area contributed by atoms with E-state index in [1.165, 1.54) is 6.92 Å². The van der Waals surface area contributed by atoms with E-state index in [-0.39, 0.29) is 5.91 Å². The van der Waals surface area contributed by atoms with E-state index in [9.17, 15) is 9.59 Å². The molecule has 0 spiro atoms. The van der Waals surface area contributed by atoms with Gasteiger partial charge in [0.2, 0.25) is 5.91 Å². The molecule has 0 radical (unpaired) electrons. The van der Waals surface area contributed by atoms with E-state index in [0.29, 0.717) is 24.5 Å². The van der Waals surface area contributed by atoms with Crippen LogP contribution in [0, 0.1) is 0 Å². The van der Waals surface area contributed by atoms with Crippen molar-refractivity contribution < 1.29 is 23.3 Å². The number of anilines is 2. The molecule has 2 amide bonds. The van der Waals surface area contributed by atoms with Crippen LogP contribution >= 0.6 is 12.0 Å². The summed E-state index contributed by atoms with van der Waals surface area (Å²) in [5.74, 6) is 0.574. The lowest BCUT2D eigenvalue weighted by molar-refractivity contribution is -0.114. The maximum atomic E-state index is 11.7. The van der Waals surface area contributed by atoms with Crippen LogP contribution in [-0.4, -0.2) is 24.8 Å². The molecule has 0 atom stereocenters. The summed E-state index contributed by atoms with van der Waals surface area (Å²) in [5, 5.41) is 9.33. The number of unbranched alkanes of at least 4 members (excludes halogenated alkanes) is 1. The third kappa shape index (κ3) is 6.65. The van der Waals surface area contributed by atoms with Crippen molar-refractivity contribution >= 4 is 41.6 Å². The number of oxime groups is 1. The molecule has 0 aliphatic carbocycles. The summed E-state index contributed by atoms with van der Waals surface area (Å²) in [7, 11) is 0. The number of nitrogens with one attached hydrogen (secondary N) is 2. The largest absolute Gasteiger partial charge is 0.494 e. The van der Waals surface area contributed by atoms with Crippen molar-refractivity contribution in [1.29, 1.82) is 0 Å². The minimum atomic E-state index is -0.668. The molecule has 0 fully saturated rings. The van der Waals surface area contributed by atoms with Crippen LogP contribution in [0.25, 0.3) is 0 Å². The molecule has 1 aliphatic heterocycles. The number of benzene rings is 2. The molecule has 0 aromatic heterocycles. The summed E-state index contributed by atoms with van der Waals surface area (Å²) in [4.78, 5) is 23.5. The lowest BCUT2D eigenvalue weighted by atomic mass is 9.95. The molecule has 8 nitrogen and oxygen atoms in total. The van der Waals surface area contributed by atoms with Crippen molar-refractivity contribution in [1.82, 2.24) is 0 Å². The van der Waals surface area contributed by atoms with Gasteiger partial charge in [-0.1, -0.05) is 5.16 Å². The number of amides is 2. The van der Waals surface area contributed by atoms with E-state index in [2.05, 4.69) is 15.8 Å². The van der Waals surface area contributed by atoms with E-state index in [4.69, 9.17) is 13.8 Å². The standard InChI is InChI=1S/C22H25N3O5S/c1-15(26)24-16-6-9-18(10-7-16)31-30-23-12-4-5-13-28-17-8-11-19-20(14-17)25-21(27)29-22(19,2)3/h6-12,14H,4-5,13H2,1-3H3,(H,24,26)(H,25,27). The lowest BCUT2D eigenvalue weighted by Gasteiger charge is -2.32. The molecule has 0 saturated carbocycles. The van der Waals surface area contributed by atoms with Crippen molar-refractivity contribution in [3.8, 4) is 5.75 Å². The summed E-state index contributed by atoms with van der Waals surface area (Å²) < 4.78 is 16.3. The average Bonchev–Trinajstić information content (AvgIpc) is 2.69. The van der Waals surface area contributed by atoms with E-state index < -0.39 is 11.7 Å². The van der Waals surface area contributed by atoms with Gasteiger partial charge >= 0.3 is 6.09 Å². The fraction of sp³-hybridized carbons (Fsp3) is 0.318. The number of hydrogen-bond donors (Lipinski definition) is 2. The first-order chi connectivity index (χ1) is 14.8. The van der Waals surface area contributed by atoms with E-state index >= 15 is 0 Å². The zero-order chi connectivity index (χ0) is 22.3. The summed E-state index contributed by atoms with van der Waals surface area (Å²) in [5.41, 5.74) is 1.68. The zero-order valence-corrected chi connectivity index (χ0v) is 18.5. The number of rotatable bonds is 9. The Morgan fingerprint density at radius 2 is 2.03 bits per heavy atom. The molecule has 0 unspecified atom stereocenters. The molecular weight excluding hydrogens is 418 g/mol. The normalized spacial score (nSPS) is 14.4. The van der Waals surface area contributed by atoms with Gasteiger partial charge in [0.05, 0.1) is 17.2 Å². The van der Waals surface area contributed by atoms with E-state index in [1.54, 1.807) is 18.3 Å². The molecule has 31 heavy (non-hydrogen) atoms. The first-order valence-electron chi connectivity index (χ1n) is 9.84. The highest BCUT2D eigenvalue weighted by atomic mass is 32.2. The van der Waals surface area contributed by atoms with E-state index in [0.717, 1.165) is 34.6 Å². The van der Waals surface area contributed by atoms with Gasteiger partial charge in [0.15, 0.2) is 0 Å². The van der Waals surface area contributed by atoms with Gasteiger partial charge in [-0.3, -0.25) is 10.1 Å². The molecule has 2 N–H and O–H groups in total. The monoisotopic (exact) mass is 443 g/mol. The molecule has 164 valence electrons. The minimum absolute atomic E-state index is 0.109. The van der Waals surface area contributed by atoms with Crippen LogP contribution < -0.4 is 15.4 Å². The van der Waals surface area contributed by atoms with Crippen molar-refractivity contribution in [3.63, 3.8) is 0 Å². The third-order valence-corrected chi connectivity index (χ3v) is 5.02. The van der Waals surface area contributed by atoms with Gasteiger partial charge in [0.25, 0.3) is 0 Å². The van der Waals surface area contributed by atoms with Crippen LogP contribution in [-0.2, 0) is 19.4 Å². The second-order valence-electron chi connectivity index (χ2n) is 7.37. The fourth-order valence-electron chi connectivity index (χ4n) is 2.97. The number of fused-ring (bicyclic) bond motifs is 1.